The highest BCUT2D eigenvalue weighted by atomic mass is 35.5. The van der Waals surface area contributed by atoms with Gasteiger partial charge < -0.3 is 14.6 Å². The van der Waals surface area contributed by atoms with Crippen molar-refractivity contribution in [3.8, 4) is 17.1 Å². The quantitative estimate of drug-likeness (QED) is 0.502. The lowest BCUT2D eigenvalue weighted by atomic mass is 10.2. The molecular weight excluding hydrogens is 376 g/mol. The summed E-state index contributed by atoms with van der Waals surface area (Å²) in [6.07, 6.45) is 0. The summed E-state index contributed by atoms with van der Waals surface area (Å²) in [4.78, 5) is 12.4. The number of nitrogens with one attached hydrogen (secondary N) is 2. The van der Waals surface area contributed by atoms with Crippen molar-refractivity contribution in [3.63, 3.8) is 0 Å². The monoisotopic (exact) mass is 394 g/mol. The van der Waals surface area contributed by atoms with E-state index in [0.717, 1.165) is 34.6 Å². The van der Waals surface area contributed by atoms with Crippen molar-refractivity contribution in [1.82, 2.24) is 14.8 Å². The molecule has 0 bridgehead atoms. The van der Waals surface area contributed by atoms with E-state index in [0.29, 0.717) is 16.4 Å². The number of aryl methyl sites for hydroxylation is 1. The van der Waals surface area contributed by atoms with Crippen molar-refractivity contribution in [2.24, 2.45) is 0 Å². The second-order valence-electron chi connectivity index (χ2n) is 6.29. The Balaban J connectivity index is 1.66. The molecule has 0 atom stereocenters. The van der Waals surface area contributed by atoms with Crippen LogP contribution >= 0.6 is 11.6 Å². The highest BCUT2D eigenvalue weighted by Gasteiger charge is 2.15. The molecule has 7 heteroatoms. The molecule has 142 valence electrons. The third kappa shape index (κ3) is 3.23. The number of fused-ring (bicyclic) bond motifs is 1. The molecule has 0 saturated carbocycles. The third-order valence-corrected chi connectivity index (χ3v) is 4.90. The first-order valence-corrected chi connectivity index (χ1v) is 9.27. The number of nitrogens with zero attached hydrogens (tertiary/aromatic N) is 2. The molecule has 28 heavy (non-hydrogen) atoms. The maximum atomic E-state index is 12.4. The van der Waals surface area contributed by atoms with Gasteiger partial charge in [0.15, 0.2) is 5.82 Å². The van der Waals surface area contributed by atoms with E-state index in [2.05, 4.69) is 39.1 Å². The molecule has 2 aromatic heterocycles. The Hall–Kier alpha value is -3.25. The summed E-state index contributed by atoms with van der Waals surface area (Å²) in [6, 6.07) is 16.6. The number of halogens is 1. The zero-order valence-electron chi connectivity index (χ0n) is 15.5. The van der Waals surface area contributed by atoms with Crippen molar-refractivity contribution in [2.75, 3.05) is 12.4 Å². The molecule has 0 aliphatic rings. The van der Waals surface area contributed by atoms with Gasteiger partial charge in [0.2, 0.25) is 0 Å². The number of rotatable bonds is 5. The number of ether oxygens (including phenoxy) is 1. The Morgan fingerprint density at radius 2 is 2.00 bits per heavy atom. The van der Waals surface area contributed by atoms with Crippen molar-refractivity contribution >= 4 is 34.2 Å². The first kappa shape index (κ1) is 18.1. The number of benzene rings is 2. The molecule has 2 heterocycles. The smallest absolute Gasteiger partial charge is 0.256 e. The zero-order chi connectivity index (χ0) is 19.7. The minimum Gasteiger partial charge on any atom is -0.496 e. The largest absolute Gasteiger partial charge is 0.496 e. The molecule has 4 rings (SSSR count). The minimum atomic E-state index is -0.243. The summed E-state index contributed by atoms with van der Waals surface area (Å²) in [5.74, 6) is 1.03. The predicted octanol–water partition coefficient (Wildman–Crippen LogP) is 4.97. The van der Waals surface area contributed by atoms with E-state index in [1.807, 2.05) is 18.2 Å². The van der Waals surface area contributed by atoms with E-state index in [4.69, 9.17) is 16.3 Å². The van der Waals surface area contributed by atoms with E-state index >= 15 is 0 Å². The van der Waals surface area contributed by atoms with Gasteiger partial charge >= 0.3 is 0 Å². The van der Waals surface area contributed by atoms with Crippen LogP contribution in [0.3, 0.4) is 0 Å². The number of anilines is 1. The minimum absolute atomic E-state index is 0.243. The van der Waals surface area contributed by atoms with Crippen LogP contribution < -0.4 is 10.1 Å². The van der Waals surface area contributed by atoms with E-state index in [-0.39, 0.29) is 5.91 Å². The molecule has 0 spiro atoms. The molecule has 2 N–H and O–H groups in total. The highest BCUT2D eigenvalue weighted by Crippen LogP contribution is 2.33. The summed E-state index contributed by atoms with van der Waals surface area (Å²) < 4.78 is 7.66. The molecule has 0 unspecified atom stereocenters. The second-order valence-corrected chi connectivity index (χ2v) is 6.73. The van der Waals surface area contributed by atoms with E-state index in [1.165, 1.54) is 0 Å². The van der Waals surface area contributed by atoms with Crippen LogP contribution in [0.1, 0.15) is 17.3 Å². The number of amides is 1. The molecule has 6 nitrogen and oxygen atoms in total. The lowest BCUT2D eigenvalue weighted by Gasteiger charge is -2.06. The first-order chi connectivity index (χ1) is 13.6. The number of methoxy groups -OCH3 is 1. The van der Waals surface area contributed by atoms with Crippen molar-refractivity contribution < 1.29 is 9.53 Å². The predicted molar refractivity (Wildman–Crippen MR) is 111 cm³/mol. The van der Waals surface area contributed by atoms with Crippen molar-refractivity contribution in [3.05, 3.63) is 65.2 Å². The molecule has 0 aliphatic heterocycles. The van der Waals surface area contributed by atoms with Gasteiger partial charge in [0, 0.05) is 28.6 Å². The van der Waals surface area contributed by atoms with Crippen LogP contribution in [0.15, 0.2) is 54.6 Å². The summed E-state index contributed by atoms with van der Waals surface area (Å²) >= 11 is 5.87. The number of aromatic nitrogens is 3. The van der Waals surface area contributed by atoms with E-state index in [1.54, 1.807) is 31.4 Å². The van der Waals surface area contributed by atoms with Crippen LogP contribution in [0.5, 0.6) is 5.75 Å². The molecular formula is C21H19ClN4O2. The summed E-state index contributed by atoms with van der Waals surface area (Å²) in [5, 5.41) is 11.7. The van der Waals surface area contributed by atoms with Crippen molar-refractivity contribution in [2.45, 2.75) is 13.5 Å². The van der Waals surface area contributed by atoms with Crippen LogP contribution in [-0.2, 0) is 6.54 Å². The molecule has 4 aromatic rings. The van der Waals surface area contributed by atoms with Gasteiger partial charge in [-0.15, -0.1) is 0 Å². The van der Waals surface area contributed by atoms with Crippen LogP contribution in [0.4, 0.5) is 5.82 Å². The topological polar surface area (TPSA) is 71.9 Å². The SMILES string of the molecule is CCn1c(-c2cc(NC(=O)c3ccc(Cl)cc3)n[nH]2)cc2c(OC)cccc21. The Labute approximate surface area is 167 Å². The van der Waals surface area contributed by atoms with Gasteiger partial charge in [-0.3, -0.25) is 9.89 Å². The average Bonchev–Trinajstić information content (AvgIpc) is 3.32. The van der Waals surface area contributed by atoms with Crippen LogP contribution in [0.25, 0.3) is 22.3 Å². The molecule has 2 aromatic carbocycles. The van der Waals surface area contributed by atoms with Gasteiger partial charge in [-0.1, -0.05) is 17.7 Å². The van der Waals surface area contributed by atoms with Gasteiger partial charge in [0.05, 0.1) is 24.0 Å². The van der Waals surface area contributed by atoms with Gasteiger partial charge in [-0.25, -0.2) is 0 Å². The number of hydrogen-bond donors (Lipinski definition) is 2. The van der Waals surface area contributed by atoms with E-state index < -0.39 is 0 Å². The number of aromatic amines is 1. The highest BCUT2D eigenvalue weighted by molar-refractivity contribution is 6.30. The number of H-pyrrole nitrogens is 1. The van der Waals surface area contributed by atoms with Crippen LogP contribution in [-0.4, -0.2) is 27.8 Å². The van der Waals surface area contributed by atoms with Crippen molar-refractivity contribution in [1.29, 1.82) is 0 Å². The fraction of sp³-hybridized carbons (Fsp3) is 0.143. The van der Waals surface area contributed by atoms with E-state index in [9.17, 15) is 4.79 Å². The van der Waals surface area contributed by atoms with Gasteiger partial charge in [0.25, 0.3) is 5.91 Å². The summed E-state index contributed by atoms with van der Waals surface area (Å²) in [6.45, 7) is 2.87. The average molecular weight is 395 g/mol. The molecule has 0 fully saturated rings. The maximum Gasteiger partial charge on any atom is 0.256 e. The normalized spacial score (nSPS) is 11.0. The second kappa shape index (κ2) is 7.40. The Morgan fingerprint density at radius 1 is 1.21 bits per heavy atom. The van der Waals surface area contributed by atoms with Crippen LogP contribution in [0, 0.1) is 0 Å². The van der Waals surface area contributed by atoms with Gasteiger partial charge in [-0.05, 0) is 49.4 Å². The van der Waals surface area contributed by atoms with Gasteiger partial charge in [0.1, 0.15) is 5.75 Å². The lowest BCUT2D eigenvalue weighted by Crippen LogP contribution is -2.11. The van der Waals surface area contributed by atoms with Crippen LogP contribution in [0.2, 0.25) is 5.02 Å². The number of carbonyl (C=O) groups is 1. The standard InChI is InChI=1S/C21H19ClN4O2/c1-3-26-17-5-4-6-19(28-2)15(17)11-18(26)16-12-20(25-24-16)23-21(27)13-7-9-14(22)10-8-13/h4-12H,3H2,1-2H3,(H2,23,24,25,27). The fourth-order valence-electron chi connectivity index (χ4n) is 3.31. The lowest BCUT2D eigenvalue weighted by molar-refractivity contribution is 0.102. The maximum absolute atomic E-state index is 12.4. The Bertz CT molecular complexity index is 1150. The molecule has 1 amide bonds. The fourth-order valence-corrected chi connectivity index (χ4v) is 3.43. The molecule has 0 radical (unpaired) electrons. The first-order valence-electron chi connectivity index (χ1n) is 8.89. The zero-order valence-corrected chi connectivity index (χ0v) is 16.2. The summed E-state index contributed by atoms with van der Waals surface area (Å²) in [5.41, 5.74) is 3.38. The molecule has 0 aliphatic carbocycles. The Morgan fingerprint density at radius 3 is 2.71 bits per heavy atom. The summed E-state index contributed by atoms with van der Waals surface area (Å²) in [7, 11) is 1.67. The third-order valence-electron chi connectivity index (χ3n) is 4.64. The number of carbonyl (C=O) groups excluding carboxylic acids is 1. The Kier molecular flexibility index (Phi) is 4.79. The number of hydrogen-bond acceptors (Lipinski definition) is 3. The van der Waals surface area contributed by atoms with Gasteiger partial charge in [-0.2, -0.15) is 5.10 Å². The molecule has 0 saturated heterocycles.